The molecule has 1 N–H and O–H groups in total. The van der Waals surface area contributed by atoms with Crippen LogP contribution in [0.25, 0.3) is 0 Å². The lowest BCUT2D eigenvalue weighted by Crippen LogP contribution is -2.01. The molecule has 0 aliphatic rings. The first-order valence-electron chi connectivity index (χ1n) is 3.78. The molecule has 68 valence electrons. The predicted octanol–water partition coefficient (Wildman–Crippen LogP) is 1.96. The number of carboxylic acid groups (broad SMARTS) is 1. The van der Waals surface area contributed by atoms with Crippen LogP contribution in [0.3, 0.4) is 0 Å². The molecule has 0 aliphatic heterocycles. The summed E-state index contributed by atoms with van der Waals surface area (Å²) in [4.78, 5) is 10.5. The zero-order valence-corrected chi connectivity index (χ0v) is 7.63. The first kappa shape index (κ1) is 10.8. The van der Waals surface area contributed by atoms with Gasteiger partial charge in [0.15, 0.2) is 0 Å². The number of carbonyl (C=O) groups is 1. The summed E-state index contributed by atoms with van der Waals surface area (Å²) < 4.78 is 4.89. The highest BCUT2D eigenvalue weighted by Crippen LogP contribution is 2.06. The third-order valence-corrected chi connectivity index (χ3v) is 1.42. The van der Waals surface area contributed by atoms with Crippen LogP contribution in [0.1, 0.15) is 20.3 Å². The molecule has 0 fully saturated rings. The zero-order valence-electron chi connectivity index (χ0n) is 7.63. The van der Waals surface area contributed by atoms with E-state index in [9.17, 15) is 4.79 Å². The lowest BCUT2D eigenvalue weighted by molar-refractivity contribution is -0.132. The van der Waals surface area contributed by atoms with Gasteiger partial charge in [-0.25, -0.2) is 4.79 Å². The van der Waals surface area contributed by atoms with Crippen molar-refractivity contribution < 1.29 is 14.6 Å². The Labute approximate surface area is 72.3 Å². The van der Waals surface area contributed by atoms with Crippen molar-refractivity contribution in [2.45, 2.75) is 20.3 Å². The Morgan fingerprint density at radius 3 is 2.50 bits per heavy atom. The number of allylic oxidation sites excluding steroid dienone is 2. The monoisotopic (exact) mass is 170 g/mol. The third-order valence-electron chi connectivity index (χ3n) is 1.42. The normalized spacial score (nSPS) is 12.9. The van der Waals surface area contributed by atoms with Gasteiger partial charge in [-0.1, -0.05) is 13.0 Å². The Morgan fingerprint density at radius 1 is 1.58 bits per heavy atom. The van der Waals surface area contributed by atoms with Crippen LogP contribution in [0.2, 0.25) is 0 Å². The number of ether oxygens (including phenoxy) is 1. The fourth-order valence-electron chi connectivity index (χ4n) is 0.676. The fraction of sp³-hybridized carbons (Fsp3) is 0.444. The van der Waals surface area contributed by atoms with E-state index in [0.29, 0.717) is 5.76 Å². The molecule has 3 heteroatoms. The zero-order chi connectivity index (χ0) is 9.56. The lowest BCUT2D eigenvalue weighted by Gasteiger charge is -2.02. The van der Waals surface area contributed by atoms with Crippen molar-refractivity contribution in [3.63, 3.8) is 0 Å². The molecule has 0 heterocycles. The summed E-state index contributed by atoms with van der Waals surface area (Å²) in [5, 5.41) is 8.61. The Balaban J connectivity index is 4.61. The summed E-state index contributed by atoms with van der Waals surface area (Å²) in [6.07, 6.45) is 4.38. The molecule has 0 aromatic rings. The van der Waals surface area contributed by atoms with Crippen molar-refractivity contribution in [3.05, 3.63) is 23.5 Å². The van der Waals surface area contributed by atoms with E-state index < -0.39 is 5.97 Å². The largest absolute Gasteiger partial charge is 0.496 e. The third kappa shape index (κ3) is 3.23. The van der Waals surface area contributed by atoms with E-state index in [1.165, 1.54) is 14.0 Å². The van der Waals surface area contributed by atoms with E-state index in [0.717, 1.165) is 6.42 Å². The Morgan fingerprint density at radius 2 is 2.17 bits per heavy atom. The number of aliphatic carboxylic acids is 1. The molecule has 0 aromatic carbocycles. The molecule has 0 unspecified atom stereocenters. The van der Waals surface area contributed by atoms with Gasteiger partial charge in [0, 0.05) is 0 Å². The molecule has 0 amide bonds. The lowest BCUT2D eigenvalue weighted by atomic mass is 10.2. The van der Waals surface area contributed by atoms with E-state index in [-0.39, 0.29) is 5.57 Å². The highest BCUT2D eigenvalue weighted by atomic mass is 16.5. The van der Waals surface area contributed by atoms with Gasteiger partial charge in [-0.05, 0) is 19.4 Å². The van der Waals surface area contributed by atoms with Crippen molar-refractivity contribution in [3.8, 4) is 0 Å². The second-order valence-electron chi connectivity index (χ2n) is 2.31. The molecule has 0 aliphatic carbocycles. The standard InChI is InChI=1S/C9H14O3/c1-4-5-6-8(12-3)7(2)9(10)11/h5-6H,4H2,1-3H3,(H,10,11)/b6-5+,8-7+. The maximum Gasteiger partial charge on any atom is 0.335 e. The van der Waals surface area contributed by atoms with E-state index in [1.807, 2.05) is 13.0 Å². The average Bonchev–Trinajstić information content (AvgIpc) is 2.05. The summed E-state index contributed by atoms with van der Waals surface area (Å²) in [5.74, 6) is -0.544. The van der Waals surface area contributed by atoms with Crippen LogP contribution in [-0.2, 0) is 9.53 Å². The van der Waals surface area contributed by atoms with Crippen molar-refractivity contribution >= 4 is 5.97 Å². The van der Waals surface area contributed by atoms with Gasteiger partial charge in [-0.2, -0.15) is 0 Å². The molecule has 0 saturated heterocycles. The summed E-state index contributed by atoms with van der Waals surface area (Å²) in [6, 6.07) is 0. The second kappa shape index (κ2) is 5.41. The van der Waals surface area contributed by atoms with Crippen molar-refractivity contribution in [2.24, 2.45) is 0 Å². The molecular weight excluding hydrogens is 156 g/mol. The smallest absolute Gasteiger partial charge is 0.335 e. The number of hydrogen-bond acceptors (Lipinski definition) is 2. The minimum absolute atomic E-state index is 0.224. The van der Waals surface area contributed by atoms with Gasteiger partial charge in [0.05, 0.1) is 12.7 Å². The number of carboxylic acids is 1. The van der Waals surface area contributed by atoms with Gasteiger partial charge in [-0.15, -0.1) is 0 Å². The van der Waals surface area contributed by atoms with Crippen LogP contribution < -0.4 is 0 Å². The summed E-state index contributed by atoms with van der Waals surface area (Å²) in [6.45, 7) is 3.49. The van der Waals surface area contributed by atoms with Crippen molar-refractivity contribution in [1.82, 2.24) is 0 Å². The van der Waals surface area contributed by atoms with E-state index in [4.69, 9.17) is 9.84 Å². The van der Waals surface area contributed by atoms with Gasteiger partial charge in [0.25, 0.3) is 0 Å². The predicted molar refractivity (Wildman–Crippen MR) is 46.8 cm³/mol. The van der Waals surface area contributed by atoms with Crippen LogP contribution >= 0.6 is 0 Å². The minimum Gasteiger partial charge on any atom is -0.496 e. The van der Waals surface area contributed by atoms with E-state index in [1.54, 1.807) is 6.08 Å². The summed E-state index contributed by atoms with van der Waals surface area (Å²) in [7, 11) is 1.46. The Bertz CT molecular complexity index is 214. The van der Waals surface area contributed by atoms with Crippen LogP contribution in [0.15, 0.2) is 23.5 Å². The maximum absolute atomic E-state index is 10.5. The van der Waals surface area contributed by atoms with Gasteiger partial charge in [0.2, 0.25) is 0 Å². The van der Waals surface area contributed by atoms with Crippen LogP contribution in [0.5, 0.6) is 0 Å². The fourth-order valence-corrected chi connectivity index (χ4v) is 0.676. The molecule has 0 saturated carbocycles. The molecule has 0 atom stereocenters. The van der Waals surface area contributed by atoms with Gasteiger partial charge >= 0.3 is 5.97 Å². The number of rotatable bonds is 4. The van der Waals surface area contributed by atoms with E-state index >= 15 is 0 Å². The number of hydrogen-bond donors (Lipinski definition) is 1. The summed E-state index contributed by atoms with van der Waals surface area (Å²) >= 11 is 0. The molecule has 0 aromatic heterocycles. The Hall–Kier alpha value is -1.25. The minimum atomic E-state index is -0.951. The van der Waals surface area contributed by atoms with Crippen molar-refractivity contribution in [1.29, 1.82) is 0 Å². The molecule has 0 spiro atoms. The molecule has 0 bridgehead atoms. The van der Waals surface area contributed by atoms with Gasteiger partial charge in [0.1, 0.15) is 5.76 Å². The van der Waals surface area contributed by atoms with Gasteiger partial charge in [-0.3, -0.25) is 0 Å². The molecule has 3 nitrogen and oxygen atoms in total. The van der Waals surface area contributed by atoms with E-state index in [2.05, 4.69) is 0 Å². The average molecular weight is 170 g/mol. The van der Waals surface area contributed by atoms with Crippen LogP contribution in [0, 0.1) is 0 Å². The molecule has 0 radical (unpaired) electrons. The van der Waals surface area contributed by atoms with Crippen LogP contribution in [0.4, 0.5) is 0 Å². The molecule has 12 heavy (non-hydrogen) atoms. The molecular formula is C9H14O3. The summed E-state index contributed by atoms with van der Waals surface area (Å²) in [5.41, 5.74) is 0.224. The number of methoxy groups -OCH3 is 1. The Kier molecular flexibility index (Phi) is 4.84. The highest BCUT2D eigenvalue weighted by molar-refractivity contribution is 5.86. The maximum atomic E-state index is 10.5. The van der Waals surface area contributed by atoms with Crippen molar-refractivity contribution in [2.75, 3.05) is 7.11 Å². The first-order valence-corrected chi connectivity index (χ1v) is 3.78. The SMILES string of the molecule is CC/C=C/C(OC)=C(/C)C(=O)O. The molecule has 0 rings (SSSR count). The highest BCUT2D eigenvalue weighted by Gasteiger charge is 2.05. The second-order valence-corrected chi connectivity index (χ2v) is 2.31. The topological polar surface area (TPSA) is 46.5 Å². The van der Waals surface area contributed by atoms with Gasteiger partial charge < -0.3 is 9.84 Å². The van der Waals surface area contributed by atoms with Crippen LogP contribution in [-0.4, -0.2) is 18.2 Å². The first-order chi connectivity index (χ1) is 5.63. The quantitative estimate of drug-likeness (QED) is 0.398.